The van der Waals surface area contributed by atoms with Gasteiger partial charge >= 0.3 is 0 Å². The molecule has 1 aromatic rings. The SMILES string of the molecule is CCCNC(=O)C(C)Sc1nc(C)cs1. The zero-order valence-electron chi connectivity index (χ0n) is 9.24. The summed E-state index contributed by atoms with van der Waals surface area (Å²) < 4.78 is 0.964. The number of rotatable bonds is 5. The van der Waals surface area contributed by atoms with Crippen LogP contribution in [0.3, 0.4) is 0 Å². The lowest BCUT2D eigenvalue weighted by atomic mass is 10.4. The van der Waals surface area contributed by atoms with Gasteiger partial charge in [0, 0.05) is 17.6 Å². The number of hydrogen-bond acceptors (Lipinski definition) is 4. The van der Waals surface area contributed by atoms with Crippen molar-refractivity contribution in [1.82, 2.24) is 10.3 Å². The predicted octanol–water partition coefficient (Wildman–Crippen LogP) is 2.46. The third kappa shape index (κ3) is 4.22. The molecule has 5 heteroatoms. The van der Waals surface area contributed by atoms with Crippen LogP contribution in [0.5, 0.6) is 0 Å². The number of nitrogens with one attached hydrogen (secondary N) is 1. The molecule has 0 spiro atoms. The standard InChI is InChI=1S/C10H16N2OS2/c1-4-5-11-9(13)8(3)15-10-12-7(2)6-14-10/h6,8H,4-5H2,1-3H3,(H,11,13). The molecule has 15 heavy (non-hydrogen) atoms. The number of amides is 1. The van der Waals surface area contributed by atoms with E-state index in [4.69, 9.17) is 0 Å². The first-order valence-corrected chi connectivity index (χ1v) is 6.76. The van der Waals surface area contributed by atoms with Crippen LogP contribution in [-0.2, 0) is 4.79 Å². The summed E-state index contributed by atoms with van der Waals surface area (Å²) in [5, 5.41) is 4.81. The molecule has 0 saturated carbocycles. The van der Waals surface area contributed by atoms with Crippen LogP contribution in [0.25, 0.3) is 0 Å². The minimum Gasteiger partial charge on any atom is -0.355 e. The highest BCUT2D eigenvalue weighted by Gasteiger charge is 2.14. The number of thiazole rings is 1. The van der Waals surface area contributed by atoms with E-state index in [1.807, 2.05) is 26.2 Å². The number of carbonyl (C=O) groups excluding carboxylic acids is 1. The van der Waals surface area contributed by atoms with Gasteiger partial charge in [-0.1, -0.05) is 18.7 Å². The number of aryl methyl sites for hydroxylation is 1. The van der Waals surface area contributed by atoms with E-state index in [2.05, 4.69) is 10.3 Å². The lowest BCUT2D eigenvalue weighted by Crippen LogP contribution is -2.31. The lowest BCUT2D eigenvalue weighted by molar-refractivity contribution is -0.120. The van der Waals surface area contributed by atoms with Crippen molar-refractivity contribution in [3.05, 3.63) is 11.1 Å². The molecule has 1 unspecified atom stereocenters. The number of carbonyl (C=O) groups is 1. The quantitative estimate of drug-likeness (QED) is 0.809. The number of nitrogens with zero attached hydrogens (tertiary/aromatic N) is 1. The van der Waals surface area contributed by atoms with Gasteiger partial charge < -0.3 is 5.32 Å². The third-order valence-electron chi connectivity index (χ3n) is 1.79. The van der Waals surface area contributed by atoms with Crippen molar-refractivity contribution in [3.63, 3.8) is 0 Å². The maximum atomic E-state index is 11.6. The van der Waals surface area contributed by atoms with Gasteiger partial charge in [-0.25, -0.2) is 4.98 Å². The Morgan fingerprint density at radius 3 is 3.00 bits per heavy atom. The molecule has 0 aliphatic rings. The molecular formula is C10H16N2OS2. The first kappa shape index (κ1) is 12.5. The van der Waals surface area contributed by atoms with Gasteiger partial charge in [0.05, 0.1) is 5.25 Å². The number of thioether (sulfide) groups is 1. The Morgan fingerprint density at radius 2 is 2.47 bits per heavy atom. The molecule has 1 rings (SSSR count). The Kier molecular flexibility index (Phi) is 5.11. The molecule has 0 aliphatic heterocycles. The molecule has 1 amide bonds. The number of hydrogen-bond donors (Lipinski definition) is 1. The Morgan fingerprint density at radius 1 is 1.73 bits per heavy atom. The van der Waals surface area contributed by atoms with Crippen molar-refractivity contribution in [2.24, 2.45) is 0 Å². The molecule has 0 fully saturated rings. The summed E-state index contributed by atoms with van der Waals surface area (Å²) in [6.45, 7) is 6.66. The Bertz CT molecular complexity index is 325. The summed E-state index contributed by atoms with van der Waals surface area (Å²) in [7, 11) is 0. The molecular weight excluding hydrogens is 228 g/mol. The van der Waals surface area contributed by atoms with Crippen molar-refractivity contribution in [2.45, 2.75) is 36.8 Å². The molecule has 0 aliphatic carbocycles. The topological polar surface area (TPSA) is 42.0 Å². The summed E-state index contributed by atoms with van der Waals surface area (Å²) >= 11 is 3.11. The highest BCUT2D eigenvalue weighted by Crippen LogP contribution is 2.26. The van der Waals surface area contributed by atoms with Crippen LogP contribution in [0.15, 0.2) is 9.72 Å². The summed E-state index contributed by atoms with van der Waals surface area (Å²) in [6.07, 6.45) is 0.972. The van der Waals surface area contributed by atoms with Crippen molar-refractivity contribution >= 4 is 29.0 Å². The van der Waals surface area contributed by atoms with Crippen molar-refractivity contribution < 1.29 is 4.79 Å². The van der Waals surface area contributed by atoms with Crippen LogP contribution >= 0.6 is 23.1 Å². The second kappa shape index (κ2) is 6.12. The molecule has 1 heterocycles. The fourth-order valence-electron chi connectivity index (χ4n) is 0.983. The zero-order chi connectivity index (χ0) is 11.3. The van der Waals surface area contributed by atoms with Crippen molar-refractivity contribution in [3.8, 4) is 0 Å². The van der Waals surface area contributed by atoms with Crippen LogP contribution in [0.1, 0.15) is 26.0 Å². The minimum atomic E-state index is -0.0675. The number of aromatic nitrogens is 1. The van der Waals surface area contributed by atoms with Gasteiger partial charge in [0.2, 0.25) is 5.91 Å². The van der Waals surface area contributed by atoms with E-state index in [1.54, 1.807) is 11.3 Å². The minimum absolute atomic E-state index is 0.0675. The molecule has 0 radical (unpaired) electrons. The van der Waals surface area contributed by atoms with Crippen LogP contribution < -0.4 is 5.32 Å². The summed E-state index contributed by atoms with van der Waals surface area (Å²) in [5.41, 5.74) is 1.02. The third-order valence-corrected chi connectivity index (χ3v) is 3.98. The van der Waals surface area contributed by atoms with E-state index in [1.165, 1.54) is 11.8 Å². The van der Waals surface area contributed by atoms with Crippen LogP contribution in [-0.4, -0.2) is 22.7 Å². The highest BCUT2D eigenvalue weighted by molar-refractivity contribution is 8.02. The average molecular weight is 244 g/mol. The average Bonchev–Trinajstić information content (AvgIpc) is 2.60. The normalized spacial score (nSPS) is 12.5. The first-order valence-electron chi connectivity index (χ1n) is 5.00. The second-order valence-corrected chi connectivity index (χ2v) is 5.75. The second-order valence-electron chi connectivity index (χ2n) is 3.31. The van der Waals surface area contributed by atoms with Crippen LogP contribution in [0.4, 0.5) is 0 Å². The molecule has 0 aromatic carbocycles. The van der Waals surface area contributed by atoms with Gasteiger partial charge in [0.25, 0.3) is 0 Å². The van der Waals surface area contributed by atoms with Gasteiger partial charge in [-0.15, -0.1) is 11.3 Å². The van der Waals surface area contributed by atoms with E-state index in [-0.39, 0.29) is 11.2 Å². The van der Waals surface area contributed by atoms with E-state index in [9.17, 15) is 4.79 Å². The molecule has 1 atom stereocenters. The van der Waals surface area contributed by atoms with Gasteiger partial charge in [0.15, 0.2) is 4.34 Å². The van der Waals surface area contributed by atoms with E-state index in [0.717, 1.165) is 23.0 Å². The Labute approximate surface area is 98.7 Å². The van der Waals surface area contributed by atoms with Crippen LogP contribution in [0.2, 0.25) is 0 Å². The fraction of sp³-hybridized carbons (Fsp3) is 0.600. The van der Waals surface area contributed by atoms with Gasteiger partial charge in [-0.2, -0.15) is 0 Å². The lowest BCUT2D eigenvalue weighted by Gasteiger charge is -2.09. The Hall–Kier alpha value is -0.550. The monoisotopic (exact) mass is 244 g/mol. The molecule has 3 nitrogen and oxygen atoms in total. The zero-order valence-corrected chi connectivity index (χ0v) is 10.9. The largest absolute Gasteiger partial charge is 0.355 e. The molecule has 0 saturated heterocycles. The van der Waals surface area contributed by atoms with E-state index >= 15 is 0 Å². The summed E-state index contributed by atoms with van der Waals surface area (Å²) in [4.78, 5) is 15.9. The van der Waals surface area contributed by atoms with Crippen LogP contribution in [0, 0.1) is 6.92 Å². The summed E-state index contributed by atoms with van der Waals surface area (Å²) in [5.74, 6) is 0.0923. The van der Waals surface area contributed by atoms with Crippen molar-refractivity contribution in [2.75, 3.05) is 6.54 Å². The smallest absolute Gasteiger partial charge is 0.233 e. The van der Waals surface area contributed by atoms with Gasteiger partial charge in [0.1, 0.15) is 0 Å². The predicted molar refractivity (Wildman–Crippen MR) is 65.5 cm³/mol. The maximum Gasteiger partial charge on any atom is 0.233 e. The molecule has 84 valence electrons. The maximum absolute atomic E-state index is 11.6. The van der Waals surface area contributed by atoms with Gasteiger partial charge in [-0.05, 0) is 20.3 Å². The highest BCUT2D eigenvalue weighted by atomic mass is 32.2. The van der Waals surface area contributed by atoms with E-state index < -0.39 is 0 Å². The first-order chi connectivity index (χ1) is 7.13. The molecule has 0 bridgehead atoms. The Balaban J connectivity index is 2.41. The van der Waals surface area contributed by atoms with Gasteiger partial charge in [-0.3, -0.25) is 4.79 Å². The fourth-order valence-corrected chi connectivity index (χ4v) is 2.99. The molecule has 1 aromatic heterocycles. The van der Waals surface area contributed by atoms with E-state index in [0.29, 0.717) is 0 Å². The molecule has 1 N–H and O–H groups in total. The van der Waals surface area contributed by atoms with Crippen molar-refractivity contribution in [1.29, 1.82) is 0 Å². The summed E-state index contributed by atoms with van der Waals surface area (Å²) in [6, 6.07) is 0.